The van der Waals surface area contributed by atoms with Gasteiger partial charge < -0.3 is 5.11 Å². The van der Waals surface area contributed by atoms with Gasteiger partial charge in [0.25, 0.3) is 0 Å². The number of benzene rings is 1. The van der Waals surface area contributed by atoms with Gasteiger partial charge >= 0.3 is 5.97 Å². The van der Waals surface area contributed by atoms with E-state index in [1.54, 1.807) is 17.6 Å². The topological polar surface area (TPSA) is 87.6 Å². The molecule has 1 aliphatic rings. The Morgan fingerprint density at radius 3 is 2.91 bits per heavy atom. The molecule has 1 aromatic carbocycles. The average molecular weight is 340 g/mol. The van der Waals surface area contributed by atoms with Gasteiger partial charge in [0.2, 0.25) is 10.0 Å². The number of aliphatic carboxylic acids is 1. The summed E-state index contributed by atoms with van der Waals surface area (Å²) in [6, 6.07) is 4.82. The van der Waals surface area contributed by atoms with Gasteiger partial charge in [0.1, 0.15) is 0 Å². The molecule has 1 aliphatic heterocycles. The fraction of sp³-hybridized carbons (Fsp3) is 0.429. The number of carbonyl (C=O) groups is 1. The molecule has 1 fully saturated rings. The summed E-state index contributed by atoms with van der Waals surface area (Å²) in [7, 11) is -3.68. The Hall–Kier alpha value is -1.51. The first-order chi connectivity index (χ1) is 10.4. The second-order valence-electron chi connectivity index (χ2n) is 5.68. The van der Waals surface area contributed by atoms with Gasteiger partial charge in [-0.15, -0.1) is 11.3 Å². The van der Waals surface area contributed by atoms with E-state index in [9.17, 15) is 18.3 Å². The minimum atomic E-state index is -3.68. The fourth-order valence-electron chi connectivity index (χ4n) is 2.82. The van der Waals surface area contributed by atoms with Crippen LogP contribution in [-0.2, 0) is 14.8 Å². The molecule has 0 bridgehead atoms. The van der Waals surface area contributed by atoms with Crippen molar-refractivity contribution in [2.24, 2.45) is 11.8 Å². The number of aromatic nitrogens is 1. The lowest BCUT2D eigenvalue weighted by atomic mass is 9.92. The molecule has 2 atom stereocenters. The largest absolute Gasteiger partial charge is 0.481 e. The number of fused-ring (bicyclic) bond motifs is 1. The average Bonchev–Trinajstić information content (AvgIpc) is 2.93. The lowest BCUT2D eigenvalue weighted by molar-refractivity contribution is -0.143. The molecule has 0 radical (unpaired) electrons. The molecule has 1 aromatic heterocycles. The molecule has 0 spiro atoms. The third kappa shape index (κ3) is 2.73. The minimum Gasteiger partial charge on any atom is -0.481 e. The zero-order valence-corrected chi connectivity index (χ0v) is 13.6. The summed E-state index contributed by atoms with van der Waals surface area (Å²) in [5, 5.41) is 9.20. The van der Waals surface area contributed by atoms with Crippen LogP contribution in [0.25, 0.3) is 10.2 Å². The highest BCUT2D eigenvalue weighted by Crippen LogP contribution is 2.29. The first-order valence-corrected chi connectivity index (χ1v) is 9.26. The van der Waals surface area contributed by atoms with Crippen molar-refractivity contribution >= 4 is 37.5 Å². The van der Waals surface area contributed by atoms with Crippen molar-refractivity contribution < 1.29 is 18.3 Å². The summed E-state index contributed by atoms with van der Waals surface area (Å²) in [6.45, 7) is 2.26. The maximum absolute atomic E-state index is 12.8. The van der Waals surface area contributed by atoms with E-state index in [-0.39, 0.29) is 17.4 Å². The van der Waals surface area contributed by atoms with Crippen LogP contribution in [0, 0.1) is 11.8 Å². The van der Waals surface area contributed by atoms with Gasteiger partial charge in [0.05, 0.1) is 26.5 Å². The number of carboxylic acid groups (broad SMARTS) is 1. The molecule has 0 amide bonds. The van der Waals surface area contributed by atoms with Crippen molar-refractivity contribution in [2.75, 3.05) is 13.1 Å². The van der Waals surface area contributed by atoms with Crippen molar-refractivity contribution in [1.29, 1.82) is 0 Å². The third-order valence-corrected chi connectivity index (χ3v) is 6.54. The summed E-state index contributed by atoms with van der Waals surface area (Å²) in [4.78, 5) is 15.6. The third-order valence-electron chi connectivity index (χ3n) is 3.92. The number of carboxylic acids is 1. The van der Waals surface area contributed by atoms with Crippen LogP contribution in [-0.4, -0.2) is 41.9 Å². The molecule has 0 aliphatic carbocycles. The summed E-state index contributed by atoms with van der Waals surface area (Å²) in [5.74, 6) is -1.56. The van der Waals surface area contributed by atoms with Gasteiger partial charge in [-0.2, -0.15) is 4.31 Å². The van der Waals surface area contributed by atoms with E-state index in [0.717, 1.165) is 10.2 Å². The van der Waals surface area contributed by atoms with Crippen LogP contribution >= 0.6 is 11.3 Å². The molecule has 3 rings (SSSR count). The van der Waals surface area contributed by atoms with Crippen molar-refractivity contribution in [1.82, 2.24) is 9.29 Å². The SMILES string of the molecule is CC1CC(C(=O)O)CN(S(=O)(=O)c2ccc3ncsc3c2)C1. The number of sulfonamides is 1. The smallest absolute Gasteiger partial charge is 0.307 e. The Kier molecular flexibility index (Phi) is 3.92. The van der Waals surface area contributed by atoms with Crippen LogP contribution in [0.4, 0.5) is 0 Å². The second-order valence-corrected chi connectivity index (χ2v) is 8.50. The lowest BCUT2D eigenvalue weighted by Gasteiger charge is -2.33. The van der Waals surface area contributed by atoms with Gasteiger partial charge in [-0.05, 0) is 30.5 Å². The second kappa shape index (κ2) is 5.60. The molecule has 1 N–H and O–H groups in total. The highest BCUT2D eigenvalue weighted by atomic mass is 32.2. The number of rotatable bonds is 3. The van der Waals surface area contributed by atoms with E-state index >= 15 is 0 Å². The Labute approximate surface area is 132 Å². The molecule has 118 valence electrons. The van der Waals surface area contributed by atoms with E-state index < -0.39 is 21.9 Å². The van der Waals surface area contributed by atoms with Crippen LogP contribution in [0.5, 0.6) is 0 Å². The number of hydrogen-bond donors (Lipinski definition) is 1. The van der Waals surface area contributed by atoms with E-state index in [4.69, 9.17) is 0 Å². The van der Waals surface area contributed by atoms with E-state index in [2.05, 4.69) is 4.98 Å². The predicted molar refractivity (Wildman–Crippen MR) is 83.3 cm³/mol. The highest BCUT2D eigenvalue weighted by molar-refractivity contribution is 7.89. The highest BCUT2D eigenvalue weighted by Gasteiger charge is 2.36. The van der Waals surface area contributed by atoms with E-state index in [1.807, 2.05) is 6.92 Å². The monoisotopic (exact) mass is 340 g/mol. The molecule has 22 heavy (non-hydrogen) atoms. The normalized spacial score (nSPS) is 23.7. The molecule has 2 unspecified atom stereocenters. The minimum absolute atomic E-state index is 0.0248. The van der Waals surface area contributed by atoms with Crippen molar-refractivity contribution in [2.45, 2.75) is 18.2 Å². The number of hydrogen-bond acceptors (Lipinski definition) is 5. The van der Waals surface area contributed by atoms with E-state index in [1.165, 1.54) is 21.7 Å². The Morgan fingerprint density at radius 1 is 1.41 bits per heavy atom. The van der Waals surface area contributed by atoms with Gasteiger partial charge in [0.15, 0.2) is 0 Å². The van der Waals surface area contributed by atoms with Crippen molar-refractivity contribution in [3.05, 3.63) is 23.7 Å². The summed E-state index contributed by atoms with van der Waals surface area (Å²) in [5.41, 5.74) is 2.43. The van der Waals surface area contributed by atoms with Gasteiger partial charge in [-0.25, -0.2) is 13.4 Å². The van der Waals surface area contributed by atoms with Gasteiger partial charge in [0, 0.05) is 13.1 Å². The number of thiazole rings is 1. The van der Waals surface area contributed by atoms with E-state index in [0.29, 0.717) is 13.0 Å². The first kappa shape index (κ1) is 15.4. The molecule has 8 heteroatoms. The Balaban J connectivity index is 1.95. The molecular weight excluding hydrogens is 324 g/mol. The van der Waals surface area contributed by atoms with Gasteiger partial charge in [-0.1, -0.05) is 6.92 Å². The van der Waals surface area contributed by atoms with Crippen LogP contribution in [0.2, 0.25) is 0 Å². The molecular formula is C14H16N2O4S2. The molecule has 2 heterocycles. The molecule has 0 saturated carbocycles. The Morgan fingerprint density at radius 2 is 2.18 bits per heavy atom. The van der Waals surface area contributed by atoms with Crippen molar-refractivity contribution in [3.63, 3.8) is 0 Å². The maximum Gasteiger partial charge on any atom is 0.307 e. The molecule has 1 saturated heterocycles. The fourth-order valence-corrected chi connectivity index (χ4v) is 5.25. The molecule has 2 aromatic rings. The number of piperidine rings is 1. The first-order valence-electron chi connectivity index (χ1n) is 6.94. The Bertz CT molecular complexity index is 815. The summed E-state index contributed by atoms with van der Waals surface area (Å²) < 4.78 is 27.7. The van der Waals surface area contributed by atoms with Crippen LogP contribution in [0.1, 0.15) is 13.3 Å². The zero-order valence-electron chi connectivity index (χ0n) is 12.0. The maximum atomic E-state index is 12.8. The quantitative estimate of drug-likeness (QED) is 0.924. The summed E-state index contributed by atoms with van der Waals surface area (Å²) >= 11 is 1.38. The zero-order chi connectivity index (χ0) is 15.9. The van der Waals surface area contributed by atoms with Crippen LogP contribution in [0.3, 0.4) is 0 Å². The van der Waals surface area contributed by atoms with Gasteiger partial charge in [-0.3, -0.25) is 4.79 Å². The predicted octanol–water partition coefficient (Wildman–Crippen LogP) is 2.03. The van der Waals surface area contributed by atoms with Crippen LogP contribution in [0.15, 0.2) is 28.6 Å². The lowest BCUT2D eigenvalue weighted by Crippen LogP contribution is -2.45. The standard InChI is InChI=1S/C14H16N2O4S2/c1-9-4-10(14(17)18)7-16(6-9)22(19,20)11-2-3-12-13(5-11)21-8-15-12/h2-3,5,8-10H,4,6-7H2,1H3,(H,17,18). The van der Waals surface area contributed by atoms with Crippen molar-refractivity contribution in [3.8, 4) is 0 Å². The van der Waals surface area contributed by atoms with Crippen LogP contribution < -0.4 is 0 Å². The summed E-state index contributed by atoms with van der Waals surface area (Å²) in [6.07, 6.45) is 0.509. The molecule has 6 nitrogen and oxygen atoms in total. The number of nitrogens with zero attached hydrogens (tertiary/aromatic N) is 2.